The van der Waals surface area contributed by atoms with Crippen molar-refractivity contribution in [2.75, 3.05) is 34.6 Å². The minimum absolute atomic E-state index is 0.0279. The molecule has 0 amide bonds. The average molecular weight is 406 g/mol. The highest BCUT2D eigenvalue weighted by Crippen LogP contribution is 2.56. The second kappa shape index (κ2) is 8.93. The van der Waals surface area contributed by atoms with Crippen molar-refractivity contribution in [2.45, 2.75) is 6.92 Å². The average Bonchev–Trinajstić information content (AvgIpc) is 2.75. The van der Waals surface area contributed by atoms with E-state index in [1.165, 1.54) is 35.4 Å². The number of carbonyl (C=O) groups is 2. The minimum atomic E-state index is -4.08. The van der Waals surface area contributed by atoms with Gasteiger partial charge >= 0.3 is 0 Å². The predicted molar refractivity (Wildman–Crippen MR) is 106 cm³/mol. The molecule has 0 spiro atoms. The SMILES string of the molecule is CCP(=O)(C(=O)c1c(OC)cccc1OC)C(=O)c1c(OC)cccc1OC. The summed E-state index contributed by atoms with van der Waals surface area (Å²) < 4.78 is 34.7. The van der Waals surface area contributed by atoms with Gasteiger partial charge in [-0.15, -0.1) is 0 Å². The largest absolute Gasteiger partial charge is 0.496 e. The quantitative estimate of drug-likeness (QED) is 0.580. The van der Waals surface area contributed by atoms with Crippen LogP contribution in [0.1, 0.15) is 27.6 Å². The second-order valence-electron chi connectivity index (χ2n) is 5.74. The molecule has 2 aromatic carbocycles. The van der Waals surface area contributed by atoms with Gasteiger partial charge in [0.1, 0.15) is 34.1 Å². The Morgan fingerprint density at radius 1 is 0.714 bits per heavy atom. The molecule has 0 bridgehead atoms. The van der Waals surface area contributed by atoms with Crippen LogP contribution in [0.25, 0.3) is 0 Å². The number of hydrogen-bond acceptors (Lipinski definition) is 7. The number of benzene rings is 2. The van der Waals surface area contributed by atoms with E-state index in [4.69, 9.17) is 18.9 Å². The first-order valence-corrected chi connectivity index (χ1v) is 10.4. The summed E-state index contributed by atoms with van der Waals surface area (Å²) in [4.78, 5) is 26.7. The molecule has 0 fully saturated rings. The van der Waals surface area contributed by atoms with Gasteiger partial charge in [0, 0.05) is 6.16 Å². The predicted octanol–water partition coefficient (Wildman–Crippen LogP) is 4.08. The lowest BCUT2D eigenvalue weighted by Crippen LogP contribution is -2.16. The van der Waals surface area contributed by atoms with Crippen molar-refractivity contribution in [1.29, 1.82) is 0 Å². The van der Waals surface area contributed by atoms with E-state index in [1.807, 2.05) is 0 Å². The molecule has 0 aromatic heterocycles. The monoisotopic (exact) mass is 406 g/mol. The Balaban J connectivity index is 2.69. The Morgan fingerprint density at radius 3 is 1.21 bits per heavy atom. The van der Waals surface area contributed by atoms with Crippen LogP contribution in [-0.4, -0.2) is 45.6 Å². The van der Waals surface area contributed by atoms with Crippen LogP contribution in [0.5, 0.6) is 23.0 Å². The molecule has 0 heterocycles. The first kappa shape index (κ1) is 21.5. The molecular weight excluding hydrogens is 383 g/mol. The van der Waals surface area contributed by atoms with Crippen molar-refractivity contribution >= 4 is 18.2 Å². The Morgan fingerprint density at radius 2 is 1.00 bits per heavy atom. The molecule has 0 unspecified atom stereocenters. The van der Waals surface area contributed by atoms with E-state index in [0.717, 1.165) is 0 Å². The molecule has 7 nitrogen and oxygen atoms in total. The van der Waals surface area contributed by atoms with Gasteiger partial charge in [-0.3, -0.25) is 9.59 Å². The molecule has 0 aliphatic rings. The van der Waals surface area contributed by atoms with Crippen LogP contribution in [0.4, 0.5) is 0 Å². The van der Waals surface area contributed by atoms with Gasteiger partial charge in [0.05, 0.1) is 28.4 Å². The summed E-state index contributed by atoms with van der Waals surface area (Å²) in [7, 11) is 1.45. The summed E-state index contributed by atoms with van der Waals surface area (Å²) in [6.45, 7) is 1.53. The van der Waals surface area contributed by atoms with E-state index in [2.05, 4.69) is 0 Å². The van der Waals surface area contributed by atoms with Gasteiger partial charge in [-0.25, -0.2) is 0 Å². The summed E-state index contributed by atoms with van der Waals surface area (Å²) in [5, 5.41) is 0. The van der Waals surface area contributed by atoms with Crippen molar-refractivity contribution in [3.8, 4) is 23.0 Å². The van der Waals surface area contributed by atoms with Crippen LogP contribution in [0.2, 0.25) is 0 Å². The van der Waals surface area contributed by atoms with Gasteiger partial charge in [0.25, 0.3) is 0 Å². The van der Waals surface area contributed by atoms with Crippen molar-refractivity contribution < 1.29 is 33.1 Å². The lowest BCUT2D eigenvalue weighted by Gasteiger charge is -2.20. The van der Waals surface area contributed by atoms with E-state index in [9.17, 15) is 14.2 Å². The van der Waals surface area contributed by atoms with Crippen LogP contribution in [0.3, 0.4) is 0 Å². The van der Waals surface area contributed by atoms with Crippen LogP contribution in [0.15, 0.2) is 36.4 Å². The summed E-state index contributed by atoms with van der Waals surface area (Å²) >= 11 is 0. The van der Waals surface area contributed by atoms with Crippen molar-refractivity contribution in [1.82, 2.24) is 0 Å². The summed E-state index contributed by atoms with van der Waals surface area (Å²) in [5.41, 5.74) is -1.72. The third kappa shape index (κ3) is 3.62. The number of hydrogen-bond donors (Lipinski definition) is 0. The maximum absolute atomic E-state index is 13.7. The highest BCUT2D eigenvalue weighted by atomic mass is 31.2. The fourth-order valence-corrected chi connectivity index (χ4v) is 4.79. The van der Waals surface area contributed by atoms with Gasteiger partial charge in [-0.1, -0.05) is 19.1 Å². The van der Waals surface area contributed by atoms with Crippen molar-refractivity contribution in [3.63, 3.8) is 0 Å². The van der Waals surface area contributed by atoms with E-state index < -0.39 is 18.2 Å². The Labute approximate surface area is 163 Å². The van der Waals surface area contributed by atoms with E-state index in [1.54, 1.807) is 36.4 Å². The first-order valence-electron chi connectivity index (χ1n) is 8.50. The number of carbonyl (C=O) groups excluding carboxylic acids is 2. The molecule has 2 rings (SSSR count). The first-order chi connectivity index (χ1) is 13.4. The Hall–Kier alpha value is -2.79. The Kier molecular flexibility index (Phi) is 6.86. The summed E-state index contributed by atoms with van der Waals surface area (Å²) in [6.07, 6.45) is -0.174. The van der Waals surface area contributed by atoms with Gasteiger partial charge in [0.2, 0.25) is 18.2 Å². The molecule has 0 aliphatic carbocycles. The third-order valence-electron chi connectivity index (χ3n) is 4.38. The molecule has 28 heavy (non-hydrogen) atoms. The third-order valence-corrected chi connectivity index (χ3v) is 7.03. The van der Waals surface area contributed by atoms with Gasteiger partial charge < -0.3 is 23.5 Å². The highest BCUT2D eigenvalue weighted by Gasteiger charge is 2.44. The highest BCUT2D eigenvalue weighted by molar-refractivity contribution is 7.95. The maximum Gasteiger partial charge on any atom is 0.236 e. The zero-order chi connectivity index (χ0) is 20.9. The molecule has 0 saturated carbocycles. The summed E-state index contributed by atoms with van der Waals surface area (Å²) in [6, 6.07) is 9.45. The standard InChI is InChI=1S/C20H23O7P/c1-6-28(23,19(21)17-13(24-2)9-7-10-14(17)25-3)20(22)18-15(26-4)11-8-12-16(18)27-5/h7-12H,6H2,1-5H3. The molecule has 8 heteroatoms. The van der Waals surface area contributed by atoms with Crippen molar-refractivity contribution in [3.05, 3.63) is 47.5 Å². The molecule has 0 N–H and O–H groups in total. The lowest BCUT2D eigenvalue weighted by atomic mass is 10.2. The fraction of sp³-hybridized carbons (Fsp3) is 0.300. The number of ether oxygens (including phenoxy) is 4. The maximum atomic E-state index is 13.7. The van der Waals surface area contributed by atoms with Gasteiger partial charge in [-0.2, -0.15) is 0 Å². The van der Waals surface area contributed by atoms with E-state index in [-0.39, 0.29) is 40.3 Å². The van der Waals surface area contributed by atoms with Gasteiger partial charge in [0.15, 0.2) is 0 Å². The topological polar surface area (TPSA) is 88.1 Å². The zero-order valence-corrected chi connectivity index (χ0v) is 17.4. The van der Waals surface area contributed by atoms with Gasteiger partial charge in [-0.05, 0) is 24.3 Å². The van der Waals surface area contributed by atoms with Crippen molar-refractivity contribution in [2.24, 2.45) is 0 Å². The second-order valence-corrected chi connectivity index (χ2v) is 8.67. The fourth-order valence-electron chi connectivity index (χ4n) is 2.86. The smallest absolute Gasteiger partial charge is 0.236 e. The van der Waals surface area contributed by atoms with E-state index in [0.29, 0.717) is 0 Å². The molecule has 0 atom stereocenters. The zero-order valence-electron chi connectivity index (χ0n) is 16.5. The molecule has 150 valence electrons. The van der Waals surface area contributed by atoms with Crippen LogP contribution in [0, 0.1) is 0 Å². The molecule has 2 aromatic rings. The number of rotatable bonds is 9. The molecular formula is C20H23O7P. The molecule has 0 saturated heterocycles. The molecule has 0 radical (unpaired) electrons. The molecule has 0 aliphatic heterocycles. The van der Waals surface area contributed by atoms with Crippen LogP contribution in [-0.2, 0) is 4.57 Å². The minimum Gasteiger partial charge on any atom is -0.496 e. The number of methoxy groups -OCH3 is 4. The normalized spacial score (nSPS) is 10.9. The van der Waals surface area contributed by atoms with Crippen LogP contribution < -0.4 is 18.9 Å². The van der Waals surface area contributed by atoms with E-state index >= 15 is 0 Å². The Bertz CT molecular complexity index is 820. The summed E-state index contributed by atoms with van der Waals surface area (Å²) in [5.74, 6) is 0.714. The lowest BCUT2D eigenvalue weighted by molar-refractivity contribution is 0.103. The van der Waals surface area contributed by atoms with Crippen LogP contribution >= 0.6 is 7.14 Å².